The van der Waals surface area contributed by atoms with Gasteiger partial charge in [0.2, 0.25) is 0 Å². The van der Waals surface area contributed by atoms with Crippen LogP contribution in [-0.4, -0.2) is 47.9 Å². The Morgan fingerprint density at radius 3 is 2.77 bits per heavy atom. The molecule has 166 valence electrons. The third-order valence-corrected chi connectivity index (χ3v) is 6.09. The SMILES string of the molecule is O=C(Nc1cccc2c1N[C@H]1CCN(CCCOc3ccc(F)cc3)C[C@@H]21)C(F)(F)Br. The molecule has 9 heteroatoms. The fourth-order valence-electron chi connectivity index (χ4n) is 4.24. The van der Waals surface area contributed by atoms with E-state index in [1.165, 1.54) is 12.1 Å². The number of rotatable bonds is 7. The normalized spacial score (nSPS) is 20.5. The molecule has 1 saturated heterocycles. The number of piperidine rings is 1. The molecule has 2 atom stereocenters. The summed E-state index contributed by atoms with van der Waals surface area (Å²) in [5.74, 6) is -0.801. The number of carbonyl (C=O) groups excluding carboxylic acids is 1. The minimum Gasteiger partial charge on any atom is -0.494 e. The molecule has 0 radical (unpaired) electrons. The molecule has 31 heavy (non-hydrogen) atoms. The summed E-state index contributed by atoms with van der Waals surface area (Å²) in [4.78, 5) is 10.4. The van der Waals surface area contributed by atoms with Crippen LogP contribution in [0.15, 0.2) is 42.5 Å². The summed E-state index contributed by atoms with van der Waals surface area (Å²) < 4.78 is 45.1. The van der Waals surface area contributed by atoms with Crippen LogP contribution < -0.4 is 15.4 Å². The molecule has 2 aliphatic rings. The molecular formula is C22H23BrF3N3O2. The van der Waals surface area contributed by atoms with Crippen LogP contribution in [0.25, 0.3) is 0 Å². The van der Waals surface area contributed by atoms with E-state index in [1.807, 2.05) is 6.07 Å². The van der Waals surface area contributed by atoms with Gasteiger partial charge in [-0.05, 0) is 48.7 Å². The van der Waals surface area contributed by atoms with Crippen molar-refractivity contribution in [3.63, 3.8) is 0 Å². The second kappa shape index (κ2) is 9.08. The van der Waals surface area contributed by atoms with E-state index in [4.69, 9.17) is 4.74 Å². The van der Waals surface area contributed by atoms with Gasteiger partial charge in [-0.3, -0.25) is 4.79 Å². The summed E-state index contributed by atoms with van der Waals surface area (Å²) in [6.45, 7) is 3.17. The first-order chi connectivity index (χ1) is 14.8. The molecule has 0 spiro atoms. The molecule has 2 N–H and O–H groups in total. The molecule has 2 aliphatic heterocycles. The summed E-state index contributed by atoms with van der Waals surface area (Å²) >= 11 is 2.10. The largest absolute Gasteiger partial charge is 0.494 e. The number of halogens is 4. The fraction of sp³-hybridized carbons (Fsp3) is 0.409. The van der Waals surface area contributed by atoms with Crippen molar-refractivity contribution >= 4 is 33.2 Å². The maximum atomic E-state index is 13.2. The Morgan fingerprint density at radius 1 is 1.26 bits per heavy atom. The number of hydrogen-bond acceptors (Lipinski definition) is 4. The zero-order valence-corrected chi connectivity index (χ0v) is 18.3. The van der Waals surface area contributed by atoms with Crippen molar-refractivity contribution in [3.05, 3.63) is 53.8 Å². The minimum atomic E-state index is -3.62. The van der Waals surface area contributed by atoms with Gasteiger partial charge in [0.15, 0.2) is 0 Å². The Balaban J connectivity index is 1.33. The third kappa shape index (κ3) is 5.15. The average Bonchev–Trinajstić information content (AvgIpc) is 3.11. The number of anilines is 2. The van der Waals surface area contributed by atoms with Crippen LogP contribution in [0.4, 0.5) is 24.5 Å². The van der Waals surface area contributed by atoms with Gasteiger partial charge >= 0.3 is 10.7 Å². The van der Waals surface area contributed by atoms with E-state index >= 15 is 0 Å². The van der Waals surface area contributed by atoms with Gasteiger partial charge in [0, 0.05) is 47.5 Å². The lowest BCUT2D eigenvalue weighted by Crippen LogP contribution is -2.42. The second-order valence-electron chi connectivity index (χ2n) is 7.82. The fourth-order valence-corrected chi connectivity index (χ4v) is 4.34. The van der Waals surface area contributed by atoms with Crippen molar-refractivity contribution in [3.8, 4) is 5.75 Å². The molecule has 0 saturated carbocycles. The summed E-state index contributed by atoms with van der Waals surface area (Å²) in [5.41, 5.74) is 2.13. The summed E-state index contributed by atoms with van der Waals surface area (Å²) in [5, 5.41) is 5.73. The van der Waals surface area contributed by atoms with Crippen LogP contribution in [0.3, 0.4) is 0 Å². The molecule has 2 aromatic rings. The standard InChI is InChI=1S/C22H23BrF3N3O2/c23-22(25,26)21(30)28-19-4-1-3-16-17-13-29(11-9-18(17)27-20(16)19)10-2-12-31-15-7-5-14(24)6-8-15/h1,3-8,17-18,27H,2,9-13H2,(H,28,30)/t17-,18-/m0/s1. The molecule has 5 nitrogen and oxygen atoms in total. The lowest BCUT2D eigenvalue weighted by atomic mass is 9.89. The summed E-state index contributed by atoms with van der Waals surface area (Å²) in [6, 6.07) is 11.6. The average molecular weight is 498 g/mol. The predicted octanol–water partition coefficient (Wildman–Crippen LogP) is 4.80. The van der Waals surface area contributed by atoms with Crippen LogP contribution in [0.2, 0.25) is 0 Å². The lowest BCUT2D eigenvalue weighted by Gasteiger charge is -2.35. The molecule has 0 aromatic heterocycles. The quantitative estimate of drug-likeness (QED) is 0.426. The number of ether oxygens (including phenoxy) is 1. The second-order valence-corrected chi connectivity index (χ2v) is 8.82. The number of nitrogens with one attached hydrogen (secondary N) is 2. The van der Waals surface area contributed by atoms with Crippen LogP contribution in [-0.2, 0) is 4.79 Å². The van der Waals surface area contributed by atoms with E-state index in [9.17, 15) is 18.0 Å². The third-order valence-electron chi connectivity index (χ3n) is 5.73. The number of amides is 1. The van der Waals surface area contributed by atoms with Crippen molar-refractivity contribution in [2.75, 3.05) is 36.9 Å². The van der Waals surface area contributed by atoms with Crippen molar-refractivity contribution in [1.29, 1.82) is 0 Å². The molecule has 1 amide bonds. The Kier molecular flexibility index (Phi) is 6.43. The zero-order valence-electron chi connectivity index (χ0n) is 16.7. The number of para-hydroxylation sites is 1. The van der Waals surface area contributed by atoms with Gasteiger partial charge in [0.25, 0.3) is 0 Å². The first-order valence-corrected chi connectivity index (χ1v) is 11.0. The number of benzene rings is 2. The van der Waals surface area contributed by atoms with Gasteiger partial charge in [-0.2, -0.15) is 8.78 Å². The highest BCUT2D eigenvalue weighted by Gasteiger charge is 2.39. The Bertz CT molecular complexity index is 937. The Morgan fingerprint density at radius 2 is 2.03 bits per heavy atom. The number of alkyl halides is 3. The lowest BCUT2D eigenvalue weighted by molar-refractivity contribution is -0.128. The topological polar surface area (TPSA) is 53.6 Å². The van der Waals surface area contributed by atoms with E-state index in [0.29, 0.717) is 18.0 Å². The van der Waals surface area contributed by atoms with Gasteiger partial charge in [-0.1, -0.05) is 12.1 Å². The highest BCUT2D eigenvalue weighted by Crippen LogP contribution is 2.44. The van der Waals surface area contributed by atoms with E-state index < -0.39 is 10.7 Å². The maximum absolute atomic E-state index is 13.2. The molecular weight excluding hydrogens is 475 g/mol. The molecule has 0 bridgehead atoms. The molecule has 1 fully saturated rings. The van der Waals surface area contributed by atoms with Gasteiger partial charge in [0.1, 0.15) is 11.6 Å². The molecule has 4 rings (SSSR count). The van der Waals surface area contributed by atoms with Crippen LogP contribution >= 0.6 is 15.9 Å². The maximum Gasteiger partial charge on any atom is 0.378 e. The smallest absolute Gasteiger partial charge is 0.378 e. The van der Waals surface area contributed by atoms with Crippen LogP contribution in [0, 0.1) is 5.82 Å². The summed E-state index contributed by atoms with van der Waals surface area (Å²) in [7, 11) is 0. The molecule has 0 unspecified atom stereocenters. The van der Waals surface area contributed by atoms with Crippen LogP contribution in [0.1, 0.15) is 24.3 Å². The predicted molar refractivity (Wildman–Crippen MR) is 117 cm³/mol. The van der Waals surface area contributed by atoms with Gasteiger partial charge in [0.05, 0.1) is 18.0 Å². The highest BCUT2D eigenvalue weighted by molar-refractivity contribution is 9.10. The van der Waals surface area contributed by atoms with Crippen LogP contribution in [0.5, 0.6) is 5.75 Å². The van der Waals surface area contributed by atoms with Crippen molar-refractivity contribution in [1.82, 2.24) is 4.90 Å². The summed E-state index contributed by atoms with van der Waals surface area (Å²) in [6.07, 6.45) is 1.76. The number of nitrogens with zero attached hydrogens (tertiary/aromatic N) is 1. The highest BCUT2D eigenvalue weighted by atomic mass is 79.9. The molecule has 0 aliphatic carbocycles. The first-order valence-electron chi connectivity index (χ1n) is 10.2. The number of carbonyl (C=O) groups is 1. The molecule has 2 aromatic carbocycles. The zero-order chi connectivity index (χ0) is 22.0. The van der Waals surface area contributed by atoms with E-state index in [0.717, 1.165) is 43.7 Å². The Hall–Kier alpha value is -2.26. The monoisotopic (exact) mass is 497 g/mol. The van der Waals surface area contributed by atoms with Crippen molar-refractivity contribution < 1.29 is 22.7 Å². The van der Waals surface area contributed by atoms with Crippen molar-refractivity contribution in [2.24, 2.45) is 0 Å². The number of fused-ring (bicyclic) bond motifs is 3. The van der Waals surface area contributed by atoms with Crippen molar-refractivity contribution in [2.45, 2.75) is 29.6 Å². The van der Waals surface area contributed by atoms with E-state index in [-0.39, 0.29) is 17.8 Å². The first kappa shape index (κ1) is 22.0. The van der Waals surface area contributed by atoms with E-state index in [2.05, 4.69) is 31.5 Å². The minimum absolute atomic E-state index is 0.212. The van der Waals surface area contributed by atoms with Gasteiger partial charge < -0.3 is 20.3 Å². The molecule has 2 heterocycles. The van der Waals surface area contributed by atoms with E-state index in [1.54, 1.807) is 24.3 Å². The van der Waals surface area contributed by atoms with Gasteiger partial charge in [-0.25, -0.2) is 4.39 Å². The Labute approximate surface area is 187 Å². The van der Waals surface area contributed by atoms with Gasteiger partial charge in [-0.15, -0.1) is 0 Å². The number of likely N-dealkylation sites (tertiary alicyclic amines) is 1. The number of hydrogen-bond donors (Lipinski definition) is 2.